The molecule has 0 aliphatic carbocycles. The SMILES string of the molecule is CN(C(=O)CSc1nnc(-c2cccnc2)o1)C(C)(C)C#N. The third-order valence-electron chi connectivity index (χ3n) is 3.12. The van der Waals surface area contributed by atoms with E-state index in [1.165, 1.54) is 4.90 Å². The molecule has 8 heteroatoms. The minimum Gasteiger partial charge on any atom is -0.411 e. The summed E-state index contributed by atoms with van der Waals surface area (Å²) in [6.07, 6.45) is 3.28. The highest BCUT2D eigenvalue weighted by atomic mass is 32.2. The maximum absolute atomic E-state index is 12.1. The number of thioether (sulfide) groups is 1. The van der Waals surface area contributed by atoms with Gasteiger partial charge in [0.2, 0.25) is 11.8 Å². The summed E-state index contributed by atoms with van der Waals surface area (Å²) in [5.74, 6) is 0.294. The van der Waals surface area contributed by atoms with Crippen molar-refractivity contribution in [3.63, 3.8) is 0 Å². The maximum Gasteiger partial charge on any atom is 0.277 e. The van der Waals surface area contributed by atoms with Crippen LogP contribution in [-0.4, -0.2) is 44.3 Å². The summed E-state index contributed by atoms with van der Waals surface area (Å²) in [6, 6.07) is 5.66. The molecule has 1 amide bonds. The second-order valence-corrected chi connectivity index (χ2v) is 5.95. The Hall–Kier alpha value is -2.40. The van der Waals surface area contributed by atoms with Crippen molar-refractivity contribution < 1.29 is 9.21 Å². The zero-order valence-electron chi connectivity index (χ0n) is 12.5. The number of carbonyl (C=O) groups excluding carboxylic acids is 1. The Labute approximate surface area is 132 Å². The smallest absolute Gasteiger partial charge is 0.277 e. The summed E-state index contributed by atoms with van der Waals surface area (Å²) >= 11 is 1.14. The lowest BCUT2D eigenvalue weighted by molar-refractivity contribution is -0.130. The number of aromatic nitrogens is 3. The van der Waals surface area contributed by atoms with Crippen LogP contribution in [0, 0.1) is 11.3 Å². The van der Waals surface area contributed by atoms with Crippen molar-refractivity contribution in [1.29, 1.82) is 5.26 Å². The van der Waals surface area contributed by atoms with Crippen LogP contribution in [0.4, 0.5) is 0 Å². The maximum atomic E-state index is 12.1. The van der Waals surface area contributed by atoms with E-state index in [0.29, 0.717) is 11.1 Å². The van der Waals surface area contributed by atoms with Crippen molar-refractivity contribution in [3.8, 4) is 17.5 Å². The van der Waals surface area contributed by atoms with Crippen molar-refractivity contribution in [1.82, 2.24) is 20.1 Å². The quantitative estimate of drug-likeness (QED) is 0.778. The third-order valence-corrected chi connectivity index (χ3v) is 3.92. The number of nitrogens with zero attached hydrogens (tertiary/aromatic N) is 5. The zero-order chi connectivity index (χ0) is 16.2. The number of amides is 1. The van der Waals surface area contributed by atoms with Gasteiger partial charge in [0.15, 0.2) is 0 Å². The predicted octanol–water partition coefficient (Wildman–Crippen LogP) is 1.98. The zero-order valence-corrected chi connectivity index (χ0v) is 13.3. The van der Waals surface area contributed by atoms with Crippen molar-refractivity contribution in [3.05, 3.63) is 24.5 Å². The Kier molecular flexibility index (Phi) is 4.78. The number of hydrogen-bond donors (Lipinski definition) is 0. The van der Waals surface area contributed by atoms with E-state index < -0.39 is 5.54 Å². The van der Waals surface area contributed by atoms with Crippen LogP contribution in [0.25, 0.3) is 11.5 Å². The molecular formula is C14H15N5O2S. The van der Waals surface area contributed by atoms with Crippen LogP contribution in [0.1, 0.15) is 13.8 Å². The van der Waals surface area contributed by atoms with E-state index in [9.17, 15) is 4.79 Å². The van der Waals surface area contributed by atoms with Crippen LogP contribution in [0.3, 0.4) is 0 Å². The van der Waals surface area contributed by atoms with E-state index in [1.807, 2.05) is 6.07 Å². The Bertz CT molecular complexity index is 693. The summed E-state index contributed by atoms with van der Waals surface area (Å²) in [6.45, 7) is 3.37. The molecule has 7 nitrogen and oxygen atoms in total. The number of pyridine rings is 1. The fourth-order valence-corrected chi connectivity index (χ4v) is 2.16. The lowest BCUT2D eigenvalue weighted by Crippen LogP contribution is -2.44. The molecule has 2 rings (SSSR count). The third kappa shape index (κ3) is 3.62. The van der Waals surface area contributed by atoms with Crippen LogP contribution in [0.5, 0.6) is 0 Å². The molecule has 0 aliphatic heterocycles. The average Bonchev–Trinajstić information content (AvgIpc) is 3.01. The van der Waals surface area contributed by atoms with Gasteiger partial charge < -0.3 is 9.32 Å². The van der Waals surface area contributed by atoms with Gasteiger partial charge in [0, 0.05) is 19.4 Å². The largest absolute Gasteiger partial charge is 0.411 e. The molecule has 0 N–H and O–H groups in total. The summed E-state index contributed by atoms with van der Waals surface area (Å²) < 4.78 is 5.48. The Morgan fingerprint density at radius 3 is 2.91 bits per heavy atom. The van der Waals surface area contributed by atoms with Gasteiger partial charge in [-0.3, -0.25) is 9.78 Å². The van der Waals surface area contributed by atoms with Crippen LogP contribution < -0.4 is 0 Å². The van der Waals surface area contributed by atoms with Crippen molar-refractivity contribution in [2.75, 3.05) is 12.8 Å². The molecule has 2 heterocycles. The van der Waals surface area contributed by atoms with Crippen LogP contribution in [-0.2, 0) is 4.79 Å². The van der Waals surface area contributed by atoms with Gasteiger partial charge in [0.25, 0.3) is 5.22 Å². The molecule has 114 valence electrons. The fraction of sp³-hybridized carbons (Fsp3) is 0.357. The first-order valence-electron chi connectivity index (χ1n) is 6.48. The molecule has 0 aliphatic rings. The Morgan fingerprint density at radius 2 is 2.27 bits per heavy atom. The molecule has 22 heavy (non-hydrogen) atoms. The highest BCUT2D eigenvalue weighted by Gasteiger charge is 2.27. The molecule has 2 aromatic heterocycles. The average molecular weight is 317 g/mol. The first-order valence-corrected chi connectivity index (χ1v) is 7.47. The van der Waals surface area contributed by atoms with Crippen LogP contribution >= 0.6 is 11.8 Å². The molecule has 0 saturated heterocycles. The molecule has 0 bridgehead atoms. The summed E-state index contributed by atoms with van der Waals surface area (Å²) in [4.78, 5) is 17.4. The van der Waals surface area contributed by atoms with Crippen molar-refractivity contribution in [2.45, 2.75) is 24.6 Å². The van der Waals surface area contributed by atoms with E-state index in [0.717, 1.165) is 17.3 Å². The van der Waals surface area contributed by atoms with E-state index in [4.69, 9.17) is 9.68 Å². The van der Waals surface area contributed by atoms with E-state index >= 15 is 0 Å². The molecule has 0 saturated carbocycles. The van der Waals surface area contributed by atoms with Gasteiger partial charge in [0.05, 0.1) is 17.4 Å². The Balaban J connectivity index is 1.97. The second-order valence-electron chi connectivity index (χ2n) is 5.03. The molecule has 0 aromatic carbocycles. The van der Waals surface area contributed by atoms with E-state index in [-0.39, 0.29) is 11.7 Å². The predicted molar refractivity (Wildman–Crippen MR) is 80.7 cm³/mol. The first kappa shape index (κ1) is 16.0. The lowest BCUT2D eigenvalue weighted by Gasteiger charge is -2.28. The summed E-state index contributed by atoms with van der Waals surface area (Å²) in [7, 11) is 1.60. The molecule has 2 aromatic rings. The topological polar surface area (TPSA) is 95.9 Å². The van der Waals surface area contributed by atoms with Gasteiger partial charge in [-0.25, -0.2) is 0 Å². The van der Waals surface area contributed by atoms with Crippen LogP contribution in [0.15, 0.2) is 34.2 Å². The molecule has 0 unspecified atom stereocenters. The molecule has 0 atom stereocenters. The number of nitriles is 1. The normalized spacial score (nSPS) is 11.0. The Morgan fingerprint density at radius 1 is 1.50 bits per heavy atom. The molecule has 0 fully saturated rings. The molecule has 0 spiro atoms. The standard InChI is InChI=1S/C14H15N5O2S/c1-14(2,9-15)19(3)11(20)8-22-13-18-17-12(21-13)10-5-4-6-16-7-10/h4-7H,8H2,1-3H3. The van der Waals surface area contributed by atoms with Crippen molar-refractivity contribution in [2.24, 2.45) is 0 Å². The lowest BCUT2D eigenvalue weighted by atomic mass is 10.1. The summed E-state index contributed by atoms with van der Waals surface area (Å²) in [5.41, 5.74) is -0.135. The van der Waals surface area contributed by atoms with E-state index in [1.54, 1.807) is 39.4 Å². The van der Waals surface area contributed by atoms with Gasteiger partial charge in [-0.1, -0.05) is 11.8 Å². The van der Waals surface area contributed by atoms with Crippen molar-refractivity contribution >= 4 is 17.7 Å². The highest BCUT2D eigenvalue weighted by Crippen LogP contribution is 2.23. The van der Waals surface area contributed by atoms with Gasteiger partial charge in [0.1, 0.15) is 5.54 Å². The number of hydrogen-bond acceptors (Lipinski definition) is 7. The van der Waals surface area contributed by atoms with Gasteiger partial charge in [-0.2, -0.15) is 5.26 Å². The van der Waals surface area contributed by atoms with Gasteiger partial charge in [-0.15, -0.1) is 10.2 Å². The molecule has 0 radical (unpaired) electrons. The monoisotopic (exact) mass is 317 g/mol. The fourth-order valence-electron chi connectivity index (χ4n) is 1.48. The van der Waals surface area contributed by atoms with Gasteiger partial charge >= 0.3 is 0 Å². The highest BCUT2D eigenvalue weighted by molar-refractivity contribution is 7.99. The summed E-state index contributed by atoms with van der Waals surface area (Å²) in [5, 5.41) is 17.1. The van der Waals surface area contributed by atoms with Gasteiger partial charge in [-0.05, 0) is 26.0 Å². The first-order chi connectivity index (χ1) is 10.4. The molecular weight excluding hydrogens is 302 g/mol. The minimum atomic E-state index is -0.854. The number of carbonyl (C=O) groups is 1. The number of rotatable bonds is 5. The second kappa shape index (κ2) is 6.58. The minimum absolute atomic E-state index is 0.121. The van der Waals surface area contributed by atoms with E-state index in [2.05, 4.69) is 21.3 Å². The van der Waals surface area contributed by atoms with Crippen LogP contribution in [0.2, 0.25) is 0 Å².